The minimum atomic E-state index is -0.422. The van der Waals surface area contributed by atoms with Crippen LogP contribution in [0.1, 0.15) is 27.2 Å². The van der Waals surface area contributed by atoms with Crippen molar-refractivity contribution < 1.29 is 14.3 Å². The summed E-state index contributed by atoms with van der Waals surface area (Å²) in [5.41, 5.74) is 2.22. The van der Waals surface area contributed by atoms with Gasteiger partial charge in [0.25, 0.3) is 0 Å². The van der Waals surface area contributed by atoms with E-state index in [0.717, 1.165) is 35.3 Å². The van der Waals surface area contributed by atoms with Crippen LogP contribution in [0.15, 0.2) is 36.0 Å². The number of hydrogen-bond acceptors (Lipinski definition) is 7. The summed E-state index contributed by atoms with van der Waals surface area (Å²) in [6.07, 6.45) is 4.47. The predicted octanol–water partition coefficient (Wildman–Crippen LogP) is 5.51. The second-order valence-electron chi connectivity index (χ2n) is 7.22. The van der Waals surface area contributed by atoms with Crippen molar-refractivity contribution in [1.29, 1.82) is 0 Å². The molecular formula is C22H20Cl2N4O3S2. The van der Waals surface area contributed by atoms with Crippen LogP contribution in [0.25, 0.3) is 11.4 Å². The van der Waals surface area contributed by atoms with E-state index in [9.17, 15) is 9.59 Å². The van der Waals surface area contributed by atoms with Crippen molar-refractivity contribution in [2.75, 3.05) is 18.2 Å². The molecule has 0 fully saturated rings. The van der Waals surface area contributed by atoms with E-state index in [4.69, 9.17) is 27.9 Å². The van der Waals surface area contributed by atoms with Gasteiger partial charge in [-0.2, -0.15) is 0 Å². The highest BCUT2D eigenvalue weighted by Crippen LogP contribution is 2.39. The number of carbonyl (C=O) groups is 2. The van der Waals surface area contributed by atoms with Crippen molar-refractivity contribution in [3.8, 4) is 11.4 Å². The lowest BCUT2D eigenvalue weighted by molar-refractivity contribution is -0.113. The van der Waals surface area contributed by atoms with E-state index in [-0.39, 0.29) is 11.7 Å². The van der Waals surface area contributed by atoms with Crippen LogP contribution in [-0.2, 0) is 28.9 Å². The average molecular weight is 523 g/mol. The Morgan fingerprint density at radius 2 is 2.12 bits per heavy atom. The maximum absolute atomic E-state index is 12.7. The molecule has 0 saturated heterocycles. The first kappa shape index (κ1) is 23.8. The number of benzene rings is 1. The summed E-state index contributed by atoms with van der Waals surface area (Å²) in [5.74, 6) is 0.0301. The molecular weight excluding hydrogens is 503 g/mol. The Morgan fingerprint density at radius 1 is 1.30 bits per heavy atom. The number of halogens is 2. The van der Waals surface area contributed by atoms with Gasteiger partial charge < -0.3 is 10.1 Å². The molecule has 1 aliphatic carbocycles. The highest BCUT2D eigenvalue weighted by atomic mass is 35.5. The number of allylic oxidation sites excluding steroid dienone is 1. The first-order valence-electron chi connectivity index (χ1n) is 10.1. The van der Waals surface area contributed by atoms with Crippen LogP contribution in [0, 0.1) is 0 Å². The number of amides is 1. The summed E-state index contributed by atoms with van der Waals surface area (Å²) in [4.78, 5) is 26.1. The fourth-order valence-corrected chi connectivity index (χ4v) is 5.98. The van der Waals surface area contributed by atoms with Gasteiger partial charge in [0.1, 0.15) is 5.00 Å². The van der Waals surface area contributed by atoms with E-state index in [1.807, 2.05) is 10.6 Å². The minimum Gasteiger partial charge on any atom is -0.465 e. The normalized spacial score (nSPS) is 12.5. The van der Waals surface area contributed by atoms with E-state index in [1.165, 1.54) is 30.2 Å². The fourth-order valence-electron chi connectivity index (χ4n) is 3.64. The zero-order valence-corrected chi connectivity index (χ0v) is 20.8. The predicted molar refractivity (Wildman–Crippen MR) is 133 cm³/mol. The Bertz CT molecular complexity index is 1240. The monoisotopic (exact) mass is 522 g/mol. The molecule has 0 unspecified atom stereocenters. The number of nitrogens with zero attached hydrogens (tertiary/aromatic N) is 3. The number of methoxy groups -OCH3 is 1. The number of esters is 1. The molecule has 0 aliphatic heterocycles. The summed E-state index contributed by atoms with van der Waals surface area (Å²) in [6, 6.07) is 5.23. The third kappa shape index (κ3) is 4.96. The number of thiophene rings is 1. The van der Waals surface area contributed by atoms with E-state index in [2.05, 4.69) is 22.1 Å². The molecule has 4 rings (SSSR count). The number of hydrogen-bond donors (Lipinski definition) is 1. The lowest BCUT2D eigenvalue weighted by Gasteiger charge is -2.09. The molecule has 11 heteroatoms. The van der Waals surface area contributed by atoms with Gasteiger partial charge in [-0.3, -0.25) is 9.36 Å². The van der Waals surface area contributed by atoms with Crippen molar-refractivity contribution in [3.63, 3.8) is 0 Å². The molecule has 1 aromatic carbocycles. The highest BCUT2D eigenvalue weighted by Gasteiger charge is 2.28. The van der Waals surface area contributed by atoms with Crippen LogP contribution >= 0.6 is 46.3 Å². The van der Waals surface area contributed by atoms with Crippen LogP contribution in [0.4, 0.5) is 5.00 Å². The van der Waals surface area contributed by atoms with Crippen molar-refractivity contribution in [2.24, 2.45) is 0 Å². The number of ether oxygens (including phenoxy) is 1. The van der Waals surface area contributed by atoms with E-state index in [1.54, 1.807) is 18.2 Å². The van der Waals surface area contributed by atoms with E-state index >= 15 is 0 Å². The topological polar surface area (TPSA) is 86.1 Å². The van der Waals surface area contributed by atoms with Gasteiger partial charge >= 0.3 is 5.97 Å². The third-order valence-corrected chi connectivity index (χ3v) is 8.02. The number of thioether (sulfide) groups is 1. The summed E-state index contributed by atoms with van der Waals surface area (Å²) in [7, 11) is 1.35. The molecule has 0 atom stereocenters. The van der Waals surface area contributed by atoms with Gasteiger partial charge in [0.15, 0.2) is 11.0 Å². The SMILES string of the molecule is C=CCn1c(SCC(=O)Nc2sc3c(c2C(=O)OC)CCC3)nnc1-c1ccc(Cl)c(Cl)c1. The molecule has 33 heavy (non-hydrogen) atoms. The van der Waals surface area contributed by atoms with Crippen LogP contribution in [0.2, 0.25) is 10.0 Å². The molecule has 0 bridgehead atoms. The van der Waals surface area contributed by atoms with Gasteiger partial charge in [-0.25, -0.2) is 4.79 Å². The van der Waals surface area contributed by atoms with Crippen LogP contribution < -0.4 is 5.32 Å². The zero-order chi connectivity index (χ0) is 23.5. The van der Waals surface area contributed by atoms with E-state index in [0.29, 0.717) is 38.1 Å². The average Bonchev–Trinajstić information content (AvgIpc) is 3.49. The van der Waals surface area contributed by atoms with E-state index < -0.39 is 5.97 Å². The van der Waals surface area contributed by atoms with Crippen LogP contribution in [0.5, 0.6) is 0 Å². The van der Waals surface area contributed by atoms with Crippen LogP contribution in [0.3, 0.4) is 0 Å². The van der Waals surface area contributed by atoms with Crippen molar-refractivity contribution in [1.82, 2.24) is 14.8 Å². The number of aryl methyl sites for hydroxylation is 1. The van der Waals surface area contributed by atoms with Gasteiger partial charge in [0.05, 0.1) is 28.5 Å². The van der Waals surface area contributed by atoms with Crippen molar-refractivity contribution in [2.45, 2.75) is 31.0 Å². The molecule has 3 aromatic rings. The second-order valence-corrected chi connectivity index (χ2v) is 10.1. The molecule has 0 spiro atoms. The largest absolute Gasteiger partial charge is 0.465 e. The summed E-state index contributed by atoms with van der Waals surface area (Å²) in [5, 5.41) is 13.4. The van der Waals surface area contributed by atoms with Gasteiger partial charge in [0, 0.05) is 17.0 Å². The summed E-state index contributed by atoms with van der Waals surface area (Å²) < 4.78 is 6.79. The Balaban J connectivity index is 1.50. The van der Waals surface area contributed by atoms with Crippen LogP contribution in [-0.4, -0.2) is 39.5 Å². The molecule has 0 radical (unpaired) electrons. The maximum atomic E-state index is 12.7. The quantitative estimate of drug-likeness (QED) is 0.238. The Kier molecular flexibility index (Phi) is 7.43. The molecule has 2 heterocycles. The number of fused-ring (bicyclic) bond motifs is 1. The minimum absolute atomic E-state index is 0.0971. The molecule has 2 aromatic heterocycles. The molecule has 0 saturated carbocycles. The molecule has 172 valence electrons. The van der Waals surface area contributed by atoms with Crippen molar-refractivity contribution >= 4 is 63.2 Å². The molecule has 1 N–H and O–H groups in total. The van der Waals surface area contributed by atoms with Gasteiger partial charge in [0.2, 0.25) is 5.91 Å². The summed E-state index contributed by atoms with van der Waals surface area (Å²) in [6.45, 7) is 4.25. The lowest BCUT2D eigenvalue weighted by atomic mass is 10.1. The lowest BCUT2D eigenvalue weighted by Crippen LogP contribution is -2.16. The first-order chi connectivity index (χ1) is 15.9. The number of anilines is 1. The number of nitrogens with one attached hydrogen (secondary N) is 1. The Morgan fingerprint density at radius 3 is 2.85 bits per heavy atom. The van der Waals surface area contributed by atoms with Gasteiger partial charge in [-0.15, -0.1) is 28.1 Å². The standard InChI is InChI=1S/C22H20Cl2N4O3S2/c1-3-9-28-19(12-7-8-14(23)15(24)10-12)26-27-22(28)32-11-17(29)25-20-18(21(30)31-2)13-5-4-6-16(13)33-20/h3,7-8,10H,1,4-6,9,11H2,2H3,(H,25,29). The van der Waals surface area contributed by atoms with Crippen molar-refractivity contribution in [3.05, 3.63) is 56.9 Å². The smallest absolute Gasteiger partial charge is 0.341 e. The highest BCUT2D eigenvalue weighted by molar-refractivity contribution is 7.99. The number of rotatable bonds is 8. The van der Waals surface area contributed by atoms with Gasteiger partial charge in [-0.1, -0.05) is 41.0 Å². The molecule has 1 amide bonds. The maximum Gasteiger partial charge on any atom is 0.341 e. The Hall–Kier alpha value is -2.33. The number of aromatic nitrogens is 3. The second kappa shape index (κ2) is 10.3. The third-order valence-electron chi connectivity index (χ3n) is 5.10. The summed E-state index contributed by atoms with van der Waals surface area (Å²) >= 11 is 14.9. The molecule has 7 nitrogen and oxygen atoms in total. The number of carbonyl (C=O) groups excluding carboxylic acids is 2. The molecule has 1 aliphatic rings. The Labute approximate surface area is 209 Å². The first-order valence-corrected chi connectivity index (χ1v) is 12.6. The van der Waals surface area contributed by atoms with Gasteiger partial charge in [-0.05, 0) is 43.0 Å². The zero-order valence-electron chi connectivity index (χ0n) is 17.7. The fraction of sp³-hybridized carbons (Fsp3) is 0.273.